The summed E-state index contributed by atoms with van der Waals surface area (Å²) in [5.41, 5.74) is 3.74. The number of thiazole rings is 1. The first-order valence-electron chi connectivity index (χ1n) is 5.76. The number of hydrogen-bond donors (Lipinski definition) is 1. The number of aromatic nitrogens is 1. The van der Waals surface area contributed by atoms with Crippen molar-refractivity contribution in [3.8, 4) is 0 Å². The highest BCUT2D eigenvalue weighted by Gasteiger charge is 2.15. The third-order valence-corrected chi connectivity index (χ3v) is 3.65. The molecule has 0 aliphatic rings. The van der Waals surface area contributed by atoms with Crippen LogP contribution in [0.4, 0.5) is 4.39 Å². The summed E-state index contributed by atoms with van der Waals surface area (Å²) in [5, 5.41) is 5.85. The van der Waals surface area contributed by atoms with Crippen LogP contribution in [-0.2, 0) is 6.42 Å². The molecule has 96 valence electrons. The number of nitrogens with one attached hydrogen (secondary N) is 1. The van der Waals surface area contributed by atoms with E-state index in [1.54, 1.807) is 17.4 Å². The Bertz CT molecular complexity index is 502. The van der Waals surface area contributed by atoms with E-state index < -0.39 is 0 Å². The van der Waals surface area contributed by atoms with E-state index in [1.807, 2.05) is 17.8 Å². The van der Waals surface area contributed by atoms with E-state index in [-0.39, 0.29) is 11.9 Å². The lowest BCUT2D eigenvalue weighted by Gasteiger charge is -2.16. The average Bonchev–Trinajstić information content (AvgIpc) is 2.85. The minimum atomic E-state index is -0.308. The Morgan fingerprint density at radius 1 is 1.50 bits per heavy atom. The molecule has 0 aliphatic heterocycles. The number of likely N-dealkylation sites (N-methyl/N-ethyl adjacent to an activating group) is 1. The van der Waals surface area contributed by atoms with Crippen molar-refractivity contribution in [2.24, 2.45) is 0 Å². The van der Waals surface area contributed by atoms with Crippen molar-refractivity contribution >= 4 is 22.9 Å². The third kappa shape index (κ3) is 3.28. The van der Waals surface area contributed by atoms with E-state index in [4.69, 9.17) is 11.6 Å². The van der Waals surface area contributed by atoms with E-state index in [0.29, 0.717) is 11.4 Å². The maximum atomic E-state index is 13.0. The first-order valence-corrected chi connectivity index (χ1v) is 7.08. The Labute approximate surface area is 115 Å². The molecule has 1 aromatic heterocycles. The summed E-state index contributed by atoms with van der Waals surface area (Å²) in [5.74, 6) is -0.308. The molecule has 1 heterocycles. The molecule has 0 aliphatic carbocycles. The molecule has 18 heavy (non-hydrogen) atoms. The highest BCUT2D eigenvalue weighted by atomic mass is 35.5. The molecule has 0 radical (unpaired) electrons. The van der Waals surface area contributed by atoms with Crippen molar-refractivity contribution < 1.29 is 4.39 Å². The molecular formula is C13H14ClFN2S. The Morgan fingerprint density at radius 2 is 2.33 bits per heavy atom. The Kier molecular flexibility index (Phi) is 4.69. The summed E-state index contributed by atoms with van der Waals surface area (Å²) in [6, 6.07) is 4.63. The maximum Gasteiger partial charge on any atom is 0.124 e. The van der Waals surface area contributed by atoms with Crippen molar-refractivity contribution in [1.82, 2.24) is 10.3 Å². The van der Waals surface area contributed by atoms with E-state index >= 15 is 0 Å². The minimum Gasteiger partial charge on any atom is -0.309 e. The quantitative estimate of drug-likeness (QED) is 0.903. The van der Waals surface area contributed by atoms with Gasteiger partial charge in [-0.05, 0) is 30.7 Å². The molecule has 0 amide bonds. The van der Waals surface area contributed by atoms with Crippen molar-refractivity contribution in [1.29, 1.82) is 0 Å². The van der Waals surface area contributed by atoms with Gasteiger partial charge in [0.1, 0.15) is 5.82 Å². The molecule has 0 bridgehead atoms. The van der Waals surface area contributed by atoms with Crippen molar-refractivity contribution in [2.45, 2.75) is 19.4 Å². The van der Waals surface area contributed by atoms with Crippen molar-refractivity contribution in [3.63, 3.8) is 0 Å². The summed E-state index contributed by atoms with van der Waals surface area (Å²) in [6.45, 7) is 2.90. The van der Waals surface area contributed by atoms with E-state index in [9.17, 15) is 4.39 Å². The molecule has 2 rings (SSSR count). The van der Waals surface area contributed by atoms with Gasteiger partial charge in [-0.15, -0.1) is 11.3 Å². The number of nitrogens with zero attached hydrogens (tertiary/aromatic N) is 1. The molecular weight excluding hydrogens is 271 g/mol. The second-order valence-corrected chi connectivity index (χ2v) is 5.09. The zero-order valence-electron chi connectivity index (χ0n) is 9.99. The summed E-state index contributed by atoms with van der Waals surface area (Å²) >= 11 is 7.62. The van der Waals surface area contributed by atoms with Gasteiger partial charge in [-0.3, -0.25) is 0 Å². The van der Waals surface area contributed by atoms with Gasteiger partial charge in [0.15, 0.2) is 0 Å². The molecule has 0 fully saturated rings. The minimum absolute atomic E-state index is 0.115. The SMILES string of the molecule is CCNC(Cc1ccc(F)cc1Cl)c1cscn1. The fraction of sp³-hybridized carbons (Fsp3) is 0.308. The van der Waals surface area contributed by atoms with E-state index in [0.717, 1.165) is 17.8 Å². The first kappa shape index (κ1) is 13.5. The largest absolute Gasteiger partial charge is 0.309 e. The van der Waals surface area contributed by atoms with Crippen LogP contribution >= 0.6 is 22.9 Å². The molecule has 0 saturated carbocycles. The van der Waals surface area contributed by atoms with Gasteiger partial charge in [-0.25, -0.2) is 9.37 Å². The summed E-state index contributed by atoms with van der Waals surface area (Å²) < 4.78 is 13.0. The smallest absolute Gasteiger partial charge is 0.124 e. The van der Waals surface area contributed by atoms with Crippen LogP contribution in [0.2, 0.25) is 5.02 Å². The molecule has 2 aromatic rings. The Hall–Kier alpha value is -0.970. The van der Waals surface area contributed by atoms with E-state index in [2.05, 4.69) is 10.3 Å². The topological polar surface area (TPSA) is 24.9 Å². The zero-order valence-corrected chi connectivity index (χ0v) is 11.6. The third-order valence-electron chi connectivity index (χ3n) is 2.70. The summed E-state index contributed by atoms with van der Waals surface area (Å²) in [6.07, 6.45) is 0.705. The molecule has 1 N–H and O–H groups in total. The fourth-order valence-corrected chi connectivity index (χ4v) is 2.68. The van der Waals surface area contributed by atoms with Crippen molar-refractivity contribution in [2.75, 3.05) is 6.54 Å². The van der Waals surface area contributed by atoms with Gasteiger partial charge >= 0.3 is 0 Å². The number of benzene rings is 1. The van der Waals surface area contributed by atoms with E-state index in [1.165, 1.54) is 12.1 Å². The van der Waals surface area contributed by atoms with Crippen LogP contribution < -0.4 is 5.32 Å². The van der Waals surface area contributed by atoms with Gasteiger partial charge in [-0.1, -0.05) is 24.6 Å². The Morgan fingerprint density at radius 3 is 2.94 bits per heavy atom. The molecule has 1 unspecified atom stereocenters. The van der Waals surface area contributed by atoms with Crippen LogP contribution in [0.3, 0.4) is 0 Å². The zero-order chi connectivity index (χ0) is 13.0. The first-order chi connectivity index (χ1) is 8.70. The standard InChI is InChI=1S/C13H14ClFN2S/c1-2-16-12(13-7-18-8-17-13)5-9-3-4-10(15)6-11(9)14/h3-4,6-8,12,16H,2,5H2,1H3. The molecule has 1 aromatic carbocycles. The fourth-order valence-electron chi connectivity index (χ4n) is 1.83. The molecule has 1 atom stereocenters. The van der Waals surface area contributed by atoms with Crippen LogP contribution in [0.25, 0.3) is 0 Å². The van der Waals surface area contributed by atoms with Crippen LogP contribution in [0.5, 0.6) is 0 Å². The number of halogens is 2. The second-order valence-electron chi connectivity index (χ2n) is 3.96. The maximum absolute atomic E-state index is 13.0. The van der Waals surface area contributed by atoms with Gasteiger partial charge in [0, 0.05) is 10.4 Å². The molecule has 2 nitrogen and oxygen atoms in total. The van der Waals surface area contributed by atoms with Crippen LogP contribution in [0, 0.1) is 5.82 Å². The van der Waals surface area contributed by atoms with Crippen LogP contribution in [0.15, 0.2) is 29.1 Å². The van der Waals surface area contributed by atoms with Gasteiger partial charge in [0.05, 0.1) is 17.2 Å². The monoisotopic (exact) mass is 284 g/mol. The Balaban J connectivity index is 2.18. The lowest BCUT2D eigenvalue weighted by atomic mass is 10.0. The molecule has 0 spiro atoms. The van der Waals surface area contributed by atoms with Crippen molar-refractivity contribution in [3.05, 3.63) is 51.2 Å². The second kappa shape index (κ2) is 6.27. The highest BCUT2D eigenvalue weighted by Crippen LogP contribution is 2.24. The normalized spacial score (nSPS) is 12.6. The lowest BCUT2D eigenvalue weighted by Crippen LogP contribution is -2.23. The predicted molar refractivity (Wildman–Crippen MR) is 73.6 cm³/mol. The van der Waals surface area contributed by atoms with Gasteiger partial charge in [0.25, 0.3) is 0 Å². The molecule has 5 heteroatoms. The lowest BCUT2D eigenvalue weighted by molar-refractivity contribution is 0.538. The van der Waals surface area contributed by atoms with Gasteiger partial charge < -0.3 is 5.32 Å². The number of hydrogen-bond acceptors (Lipinski definition) is 3. The average molecular weight is 285 g/mol. The number of rotatable bonds is 5. The van der Waals surface area contributed by atoms with Crippen LogP contribution in [0.1, 0.15) is 24.2 Å². The van der Waals surface area contributed by atoms with Gasteiger partial charge in [0.2, 0.25) is 0 Å². The van der Waals surface area contributed by atoms with Gasteiger partial charge in [-0.2, -0.15) is 0 Å². The highest BCUT2D eigenvalue weighted by molar-refractivity contribution is 7.07. The summed E-state index contributed by atoms with van der Waals surface area (Å²) in [7, 11) is 0. The predicted octanol–water partition coefficient (Wildman–Crippen LogP) is 3.83. The molecule has 0 saturated heterocycles. The summed E-state index contributed by atoms with van der Waals surface area (Å²) in [4.78, 5) is 4.32. The van der Waals surface area contributed by atoms with Crippen LogP contribution in [-0.4, -0.2) is 11.5 Å².